The number of aryl methyl sites for hydroxylation is 1. The molecule has 1 aromatic heterocycles. The summed E-state index contributed by atoms with van der Waals surface area (Å²) in [6, 6.07) is 8.33. The molecule has 0 radical (unpaired) electrons. The maximum Gasteiger partial charge on any atom is 0.0635 e. The molecule has 1 heterocycles. The van der Waals surface area contributed by atoms with Crippen LogP contribution in [-0.2, 0) is 6.54 Å². The first-order valence-corrected chi connectivity index (χ1v) is 5.94. The van der Waals surface area contributed by atoms with Gasteiger partial charge in [0.25, 0.3) is 0 Å². The lowest BCUT2D eigenvalue weighted by Crippen LogP contribution is -2.27. The van der Waals surface area contributed by atoms with E-state index in [1.165, 1.54) is 0 Å². The molecule has 0 N–H and O–H groups in total. The van der Waals surface area contributed by atoms with Crippen LogP contribution < -0.4 is 0 Å². The molecule has 0 aliphatic rings. The molecule has 0 aliphatic carbocycles. The molecule has 0 saturated heterocycles. The van der Waals surface area contributed by atoms with Gasteiger partial charge < -0.3 is 9.47 Å². The fourth-order valence-corrected chi connectivity index (χ4v) is 1.75. The van der Waals surface area contributed by atoms with Crippen LogP contribution in [0.15, 0.2) is 24.5 Å². The first-order chi connectivity index (χ1) is 8.36. The highest BCUT2D eigenvalue weighted by atomic mass is 15.1. The van der Waals surface area contributed by atoms with Gasteiger partial charge in [0.05, 0.1) is 12.1 Å². The van der Waals surface area contributed by atoms with E-state index in [9.17, 15) is 0 Å². The van der Waals surface area contributed by atoms with Gasteiger partial charge in [-0.2, -0.15) is 10.5 Å². The lowest BCUT2D eigenvalue weighted by atomic mass is 10.3. The molecule has 0 spiro atoms. The summed E-state index contributed by atoms with van der Waals surface area (Å²) in [5, 5.41) is 17.1. The molecule has 0 aliphatic heterocycles. The maximum atomic E-state index is 8.57. The minimum atomic E-state index is 0.537. The van der Waals surface area contributed by atoms with Crippen molar-refractivity contribution in [3.63, 3.8) is 0 Å². The quantitative estimate of drug-likeness (QED) is 0.686. The summed E-state index contributed by atoms with van der Waals surface area (Å²) in [6.45, 7) is 3.47. The Balaban J connectivity index is 2.23. The SMILES string of the molecule is N#CCCN(CCC#N)CCCn1cccc1. The van der Waals surface area contributed by atoms with Crippen LogP contribution in [0.1, 0.15) is 19.3 Å². The molecule has 1 rings (SSSR count). The van der Waals surface area contributed by atoms with Crippen molar-refractivity contribution in [1.82, 2.24) is 9.47 Å². The zero-order chi connectivity index (χ0) is 12.3. The van der Waals surface area contributed by atoms with E-state index >= 15 is 0 Å². The number of nitrogens with zero attached hydrogens (tertiary/aromatic N) is 4. The molecule has 0 amide bonds. The molecule has 1 aromatic rings. The van der Waals surface area contributed by atoms with Crippen LogP contribution in [-0.4, -0.2) is 29.1 Å². The number of hydrogen-bond donors (Lipinski definition) is 0. The predicted octanol–water partition coefficient (Wildman–Crippen LogP) is 2.01. The van der Waals surface area contributed by atoms with Crippen molar-refractivity contribution in [2.45, 2.75) is 25.8 Å². The highest BCUT2D eigenvalue weighted by Gasteiger charge is 2.03. The third-order valence-electron chi connectivity index (χ3n) is 2.64. The van der Waals surface area contributed by atoms with Gasteiger partial charge in [0, 0.05) is 44.9 Å². The molecule has 90 valence electrons. The first-order valence-electron chi connectivity index (χ1n) is 5.94. The summed E-state index contributed by atoms with van der Waals surface area (Å²) in [6.07, 6.45) is 6.22. The Morgan fingerprint density at radius 3 is 2.06 bits per heavy atom. The molecule has 0 unspecified atom stereocenters. The molecule has 4 heteroatoms. The molecular weight excluding hydrogens is 212 g/mol. The number of aromatic nitrogens is 1. The summed E-state index contributed by atoms with van der Waals surface area (Å²) in [5.74, 6) is 0. The Hall–Kier alpha value is -1.78. The van der Waals surface area contributed by atoms with Crippen LogP contribution in [0.4, 0.5) is 0 Å². The summed E-state index contributed by atoms with van der Waals surface area (Å²) in [5.41, 5.74) is 0. The molecule has 0 aromatic carbocycles. The molecular formula is C13H18N4. The minimum absolute atomic E-state index is 0.537. The topological polar surface area (TPSA) is 55.8 Å². The third-order valence-corrected chi connectivity index (χ3v) is 2.64. The zero-order valence-corrected chi connectivity index (χ0v) is 10.0. The Labute approximate surface area is 103 Å². The van der Waals surface area contributed by atoms with Gasteiger partial charge in [0.2, 0.25) is 0 Å². The number of nitriles is 2. The fraction of sp³-hybridized carbons (Fsp3) is 0.538. The molecule has 4 nitrogen and oxygen atoms in total. The summed E-state index contributed by atoms with van der Waals surface area (Å²) in [7, 11) is 0. The fourth-order valence-electron chi connectivity index (χ4n) is 1.75. The lowest BCUT2D eigenvalue weighted by Gasteiger charge is -2.19. The summed E-state index contributed by atoms with van der Waals surface area (Å²) < 4.78 is 2.15. The van der Waals surface area contributed by atoms with E-state index in [4.69, 9.17) is 10.5 Å². The van der Waals surface area contributed by atoms with Crippen molar-refractivity contribution in [3.05, 3.63) is 24.5 Å². The Morgan fingerprint density at radius 2 is 1.53 bits per heavy atom. The van der Waals surface area contributed by atoms with Crippen LogP contribution in [0, 0.1) is 22.7 Å². The van der Waals surface area contributed by atoms with E-state index in [1.807, 2.05) is 12.1 Å². The van der Waals surface area contributed by atoms with Gasteiger partial charge in [-0.25, -0.2) is 0 Å². The third kappa shape index (κ3) is 5.75. The van der Waals surface area contributed by atoms with Crippen LogP contribution in [0.5, 0.6) is 0 Å². The highest BCUT2D eigenvalue weighted by molar-refractivity contribution is 4.90. The Morgan fingerprint density at radius 1 is 0.941 bits per heavy atom. The molecule has 0 bridgehead atoms. The monoisotopic (exact) mass is 230 g/mol. The van der Waals surface area contributed by atoms with E-state index in [-0.39, 0.29) is 0 Å². The standard InChI is InChI=1S/C13H18N4/c14-6-3-10-17(11-4-7-15)13-5-12-16-8-1-2-9-16/h1-2,8-9H,3-5,10-13H2. The minimum Gasteiger partial charge on any atom is -0.354 e. The summed E-state index contributed by atoms with van der Waals surface area (Å²) in [4.78, 5) is 2.19. The van der Waals surface area contributed by atoms with E-state index < -0.39 is 0 Å². The summed E-state index contributed by atoms with van der Waals surface area (Å²) >= 11 is 0. The Bertz CT molecular complexity index is 351. The van der Waals surface area contributed by atoms with Gasteiger partial charge in [0.15, 0.2) is 0 Å². The van der Waals surface area contributed by atoms with Gasteiger partial charge in [-0.3, -0.25) is 0 Å². The van der Waals surface area contributed by atoms with Crippen LogP contribution in [0.25, 0.3) is 0 Å². The second-order valence-corrected chi connectivity index (χ2v) is 3.93. The second kappa shape index (κ2) is 8.38. The van der Waals surface area contributed by atoms with Crippen molar-refractivity contribution in [2.24, 2.45) is 0 Å². The van der Waals surface area contributed by atoms with Crippen molar-refractivity contribution < 1.29 is 0 Å². The average Bonchev–Trinajstić information content (AvgIpc) is 2.85. The van der Waals surface area contributed by atoms with Crippen LogP contribution in [0.3, 0.4) is 0 Å². The van der Waals surface area contributed by atoms with E-state index in [2.05, 4.69) is 34.0 Å². The van der Waals surface area contributed by atoms with E-state index in [0.29, 0.717) is 12.8 Å². The van der Waals surface area contributed by atoms with Gasteiger partial charge in [-0.1, -0.05) is 0 Å². The van der Waals surface area contributed by atoms with Crippen molar-refractivity contribution in [2.75, 3.05) is 19.6 Å². The lowest BCUT2D eigenvalue weighted by molar-refractivity contribution is 0.277. The van der Waals surface area contributed by atoms with Gasteiger partial charge >= 0.3 is 0 Å². The van der Waals surface area contributed by atoms with Gasteiger partial charge in [-0.05, 0) is 25.1 Å². The Kier molecular flexibility index (Phi) is 6.55. The highest BCUT2D eigenvalue weighted by Crippen LogP contribution is 1.99. The molecule has 0 saturated carbocycles. The van der Waals surface area contributed by atoms with Crippen molar-refractivity contribution in [3.8, 4) is 12.1 Å². The van der Waals surface area contributed by atoms with E-state index in [1.54, 1.807) is 0 Å². The molecule has 17 heavy (non-hydrogen) atoms. The largest absolute Gasteiger partial charge is 0.354 e. The molecule has 0 atom stereocenters. The van der Waals surface area contributed by atoms with Crippen molar-refractivity contribution in [1.29, 1.82) is 10.5 Å². The zero-order valence-electron chi connectivity index (χ0n) is 10.0. The normalized spacial score (nSPS) is 10.1. The molecule has 0 fully saturated rings. The van der Waals surface area contributed by atoms with Crippen LogP contribution in [0.2, 0.25) is 0 Å². The smallest absolute Gasteiger partial charge is 0.0635 e. The maximum absolute atomic E-state index is 8.57. The van der Waals surface area contributed by atoms with Crippen LogP contribution >= 0.6 is 0 Å². The van der Waals surface area contributed by atoms with Gasteiger partial charge in [0.1, 0.15) is 0 Å². The number of rotatable bonds is 8. The van der Waals surface area contributed by atoms with E-state index in [0.717, 1.165) is 32.6 Å². The number of hydrogen-bond acceptors (Lipinski definition) is 3. The predicted molar refractivity (Wildman–Crippen MR) is 65.9 cm³/mol. The second-order valence-electron chi connectivity index (χ2n) is 3.93. The van der Waals surface area contributed by atoms with Gasteiger partial charge in [-0.15, -0.1) is 0 Å². The average molecular weight is 230 g/mol. The first kappa shape index (κ1) is 13.3. The van der Waals surface area contributed by atoms with Crippen molar-refractivity contribution >= 4 is 0 Å².